The van der Waals surface area contributed by atoms with Gasteiger partial charge in [-0.2, -0.15) is 12.1 Å². The van der Waals surface area contributed by atoms with Crippen LogP contribution in [0.25, 0.3) is 11.1 Å². The van der Waals surface area contributed by atoms with E-state index in [0.29, 0.717) is 28.5 Å². The first-order chi connectivity index (χ1) is 14.4. The second kappa shape index (κ2) is 11.0. The van der Waals surface area contributed by atoms with E-state index < -0.39 is 23.3 Å². The quantitative estimate of drug-likeness (QED) is 0.419. The second-order valence-corrected chi connectivity index (χ2v) is 8.55. The predicted molar refractivity (Wildman–Crippen MR) is 112 cm³/mol. The van der Waals surface area contributed by atoms with Gasteiger partial charge in [0.1, 0.15) is 0 Å². The summed E-state index contributed by atoms with van der Waals surface area (Å²) in [5.74, 6) is -2.20. The first-order valence-electron chi connectivity index (χ1n) is 10.6. The summed E-state index contributed by atoms with van der Waals surface area (Å²) >= 11 is 0. The molecule has 0 aromatic heterocycles. The summed E-state index contributed by atoms with van der Waals surface area (Å²) in [6.07, 6.45) is 10.3. The normalized spacial score (nSPS) is 21.2. The monoisotopic (exact) mass is 498 g/mol. The molecule has 2 unspecified atom stereocenters. The Hall–Kier alpha value is -0.555. The molecular weight excluding hydrogens is 474 g/mol. The molecule has 0 N–H and O–H groups in total. The molecule has 0 amide bonds. The number of hydrogen-bond acceptors (Lipinski definition) is 0. The van der Waals surface area contributed by atoms with Crippen LogP contribution in [0.4, 0.5) is 17.6 Å². The van der Waals surface area contributed by atoms with Gasteiger partial charge in [-0.25, -0.2) is 13.2 Å². The molecule has 0 saturated heterocycles. The Morgan fingerprint density at radius 3 is 1.94 bits per heavy atom. The molecule has 4 rings (SSSR count). The maximum absolute atomic E-state index is 14.3. The van der Waals surface area contributed by atoms with Gasteiger partial charge in [0.05, 0.1) is 5.82 Å². The Bertz CT molecular complexity index is 1010. The van der Waals surface area contributed by atoms with Crippen LogP contribution in [-0.4, -0.2) is 0 Å². The zero-order valence-corrected chi connectivity index (χ0v) is 23.0. The van der Waals surface area contributed by atoms with Gasteiger partial charge in [0.25, 0.3) is 0 Å². The molecule has 0 nitrogen and oxygen atoms in total. The van der Waals surface area contributed by atoms with Gasteiger partial charge >= 0.3 is 58.2 Å². The summed E-state index contributed by atoms with van der Waals surface area (Å²) in [4.78, 5) is 0. The molecule has 0 bridgehead atoms. The summed E-state index contributed by atoms with van der Waals surface area (Å²) in [6, 6.07) is 8.57. The summed E-state index contributed by atoms with van der Waals surface area (Å²) < 4.78 is 55.6. The SMILES string of the molecule is Cc1ccc(C2=CCC(CC3CC=C(c4cc[c-]c(F)c4F)CC3)CC2)c(F)c1F.[Rb+]. The van der Waals surface area contributed by atoms with E-state index in [4.69, 9.17) is 0 Å². The van der Waals surface area contributed by atoms with Crippen molar-refractivity contribution in [3.63, 3.8) is 0 Å². The van der Waals surface area contributed by atoms with Gasteiger partial charge in [0.2, 0.25) is 0 Å². The molecule has 158 valence electrons. The van der Waals surface area contributed by atoms with E-state index in [1.165, 1.54) is 6.07 Å². The molecule has 2 aromatic rings. The Balaban J connectivity index is 0.00000272. The first-order valence-corrected chi connectivity index (χ1v) is 10.6. The van der Waals surface area contributed by atoms with Crippen LogP contribution >= 0.6 is 0 Å². The standard InChI is InChI=1S/C26H25F4.Rb/c1-16-5-14-22(26(30)24(16)28)20-12-8-18(9-13-20)15-17-6-10-19(11-7-17)21-3-2-4-23(27)25(21)29;/h2-3,5,10,12,14,17-18H,6-9,11,13,15H2,1H3;/q-1;+1. The summed E-state index contributed by atoms with van der Waals surface area (Å²) in [6.45, 7) is 1.57. The van der Waals surface area contributed by atoms with Crippen LogP contribution in [0.1, 0.15) is 61.6 Å². The molecule has 0 radical (unpaired) electrons. The third-order valence-electron chi connectivity index (χ3n) is 6.56. The van der Waals surface area contributed by atoms with Crippen molar-refractivity contribution < 1.29 is 75.7 Å². The molecule has 2 aromatic carbocycles. The van der Waals surface area contributed by atoms with Crippen LogP contribution in [0.15, 0.2) is 36.4 Å². The fourth-order valence-electron chi connectivity index (χ4n) is 4.76. The van der Waals surface area contributed by atoms with Crippen molar-refractivity contribution >= 4 is 11.1 Å². The van der Waals surface area contributed by atoms with Crippen LogP contribution in [0.3, 0.4) is 0 Å². The average Bonchev–Trinajstić information content (AvgIpc) is 2.76. The smallest absolute Gasteiger partial charge is 0.281 e. The molecule has 0 fully saturated rings. The van der Waals surface area contributed by atoms with Crippen molar-refractivity contribution in [3.05, 3.63) is 82.4 Å². The predicted octanol–water partition coefficient (Wildman–Crippen LogP) is 4.81. The zero-order valence-electron chi connectivity index (χ0n) is 18.1. The van der Waals surface area contributed by atoms with E-state index >= 15 is 0 Å². The van der Waals surface area contributed by atoms with Crippen molar-refractivity contribution in [2.24, 2.45) is 11.8 Å². The number of allylic oxidation sites excluding steroid dienone is 4. The number of benzene rings is 2. The fourth-order valence-corrected chi connectivity index (χ4v) is 4.76. The molecule has 2 atom stereocenters. The summed E-state index contributed by atoms with van der Waals surface area (Å²) in [7, 11) is 0. The maximum Gasteiger partial charge on any atom is 1.00 e. The molecule has 0 spiro atoms. The molecule has 0 heterocycles. The van der Waals surface area contributed by atoms with Crippen molar-refractivity contribution in [2.45, 2.75) is 51.9 Å². The van der Waals surface area contributed by atoms with Crippen molar-refractivity contribution in [1.29, 1.82) is 0 Å². The van der Waals surface area contributed by atoms with Crippen LogP contribution < -0.4 is 58.2 Å². The van der Waals surface area contributed by atoms with Gasteiger partial charge < -0.3 is 0 Å². The van der Waals surface area contributed by atoms with Gasteiger partial charge in [0.15, 0.2) is 11.6 Å². The maximum atomic E-state index is 14.3. The fraction of sp³-hybridized carbons (Fsp3) is 0.385. The third-order valence-corrected chi connectivity index (χ3v) is 6.56. The molecular formula is C26H25F4Rb. The zero-order chi connectivity index (χ0) is 21.3. The Labute approximate surface area is 230 Å². The van der Waals surface area contributed by atoms with E-state index in [2.05, 4.69) is 12.1 Å². The van der Waals surface area contributed by atoms with E-state index in [0.717, 1.165) is 56.1 Å². The van der Waals surface area contributed by atoms with Crippen LogP contribution in [-0.2, 0) is 0 Å². The third kappa shape index (κ3) is 5.69. The second-order valence-electron chi connectivity index (χ2n) is 8.55. The van der Waals surface area contributed by atoms with Gasteiger partial charge in [0, 0.05) is 11.4 Å². The van der Waals surface area contributed by atoms with Crippen LogP contribution in [0.5, 0.6) is 0 Å². The number of halogens is 4. The largest absolute Gasteiger partial charge is 1.00 e. The van der Waals surface area contributed by atoms with Gasteiger partial charge in [-0.05, 0) is 74.8 Å². The molecule has 0 saturated carbocycles. The van der Waals surface area contributed by atoms with Crippen molar-refractivity contribution in [2.75, 3.05) is 0 Å². The topological polar surface area (TPSA) is 0 Å². The molecule has 2 aliphatic carbocycles. The number of aryl methyl sites for hydroxylation is 1. The van der Waals surface area contributed by atoms with Crippen LogP contribution in [0, 0.1) is 48.1 Å². The van der Waals surface area contributed by atoms with Crippen molar-refractivity contribution in [3.8, 4) is 0 Å². The van der Waals surface area contributed by atoms with Gasteiger partial charge in [-0.1, -0.05) is 35.4 Å². The Morgan fingerprint density at radius 2 is 1.39 bits per heavy atom. The Kier molecular flexibility index (Phi) is 8.93. The minimum Gasteiger partial charge on any atom is -0.281 e. The number of hydrogen-bond donors (Lipinski definition) is 0. The van der Waals surface area contributed by atoms with E-state index in [1.807, 2.05) is 6.08 Å². The first kappa shape index (κ1) is 25.1. The summed E-state index contributed by atoms with van der Waals surface area (Å²) in [5, 5.41) is 0. The molecule has 5 heteroatoms. The van der Waals surface area contributed by atoms with E-state index in [-0.39, 0.29) is 58.2 Å². The molecule has 0 aliphatic heterocycles. The summed E-state index contributed by atoms with van der Waals surface area (Å²) in [5.41, 5.74) is 2.83. The molecule has 2 aliphatic rings. The minimum absolute atomic E-state index is 0. The van der Waals surface area contributed by atoms with Gasteiger partial charge in [-0.3, -0.25) is 4.39 Å². The molecule has 31 heavy (non-hydrogen) atoms. The van der Waals surface area contributed by atoms with Crippen molar-refractivity contribution in [1.82, 2.24) is 0 Å². The van der Waals surface area contributed by atoms with E-state index in [1.54, 1.807) is 25.1 Å². The average molecular weight is 499 g/mol. The Morgan fingerprint density at radius 1 is 0.806 bits per heavy atom. The van der Waals surface area contributed by atoms with E-state index in [9.17, 15) is 17.6 Å². The van der Waals surface area contributed by atoms with Crippen LogP contribution in [0.2, 0.25) is 0 Å². The van der Waals surface area contributed by atoms with Gasteiger partial charge in [-0.15, -0.1) is 6.07 Å². The minimum atomic E-state index is -0.926. The number of rotatable bonds is 4.